The number of hydrogen-bond donors (Lipinski definition) is 1. The van der Waals surface area contributed by atoms with E-state index in [9.17, 15) is 4.39 Å². The smallest absolute Gasteiger partial charge is 0.147 e. The molecule has 0 fully saturated rings. The first kappa shape index (κ1) is 10.1. The van der Waals surface area contributed by atoms with Crippen molar-refractivity contribution in [2.45, 2.75) is 32.0 Å². The van der Waals surface area contributed by atoms with Crippen molar-refractivity contribution in [2.75, 3.05) is 0 Å². The molecule has 0 aliphatic carbocycles. The van der Waals surface area contributed by atoms with Crippen molar-refractivity contribution in [2.24, 2.45) is 12.8 Å². The average molecular weight is 186 g/mol. The standard InChI is InChI=1S/C8H15FN4/c1-8(2,10)4-6(9)7-5-13(3)12-11-7/h5-6H,4,10H2,1-3H3. The Morgan fingerprint density at radius 2 is 2.31 bits per heavy atom. The first-order valence-electron chi connectivity index (χ1n) is 4.18. The number of nitrogens with two attached hydrogens (primary N) is 1. The van der Waals surface area contributed by atoms with Crippen molar-refractivity contribution in [1.82, 2.24) is 15.0 Å². The summed E-state index contributed by atoms with van der Waals surface area (Å²) in [7, 11) is 1.71. The normalized spacial score (nSPS) is 14.5. The van der Waals surface area contributed by atoms with Crippen LogP contribution in [0.15, 0.2) is 6.20 Å². The summed E-state index contributed by atoms with van der Waals surface area (Å²) >= 11 is 0. The maximum absolute atomic E-state index is 13.4. The van der Waals surface area contributed by atoms with Gasteiger partial charge in [0.05, 0.1) is 6.20 Å². The number of halogens is 1. The molecule has 13 heavy (non-hydrogen) atoms. The minimum absolute atomic E-state index is 0.256. The number of nitrogens with zero attached hydrogens (tertiary/aromatic N) is 3. The lowest BCUT2D eigenvalue weighted by Crippen LogP contribution is -2.33. The highest BCUT2D eigenvalue weighted by Crippen LogP contribution is 2.23. The molecule has 4 nitrogen and oxygen atoms in total. The van der Waals surface area contributed by atoms with Crippen LogP contribution in [0.5, 0.6) is 0 Å². The summed E-state index contributed by atoms with van der Waals surface area (Å²) in [4.78, 5) is 0. The molecule has 0 bridgehead atoms. The van der Waals surface area contributed by atoms with Crippen LogP contribution in [-0.2, 0) is 7.05 Å². The fourth-order valence-corrected chi connectivity index (χ4v) is 1.08. The van der Waals surface area contributed by atoms with E-state index >= 15 is 0 Å². The van der Waals surface area contributed by atoms with Gasteiger partial charge < -0.3 is 5.73 Å². The van der Waals surface area contributed by atoms with E-state index in [4.69, 9.17) is 5.73 Å². The number of alkyl halides is 1. The topological polar surface area (TPSA) is 56.7 Å². The SMILES string of the molecule is Cn1cc(C(F)CC(C)(C)N)nn1. The molecule has 1 aromatic rings. The monoisotopic (exact) mass is 186 g/mol. The molecule has 0 amide bonds. The molecular weight excluding hydrogens is 171 g/mol. The van der Waals surface area contributed by atoms with E-state index in [1.54, 1.807) is 27.1 Å². The largest absolute Gasteiger partial charge is 0.325 e. The van der Waals surface area contributed by atoms with Crippen molar-refractivity contribution in [3.63, 3.8) is 0 Å². The lowest BCUT2D eigenvalue weighted by molar-refractivity contribution is 0.262. The molecular formula is C8H15FN4. The van der Waals surface area contributed by atoms with E-state index in [0.29, 0.717) is 5.69 Å². The van der Waals surface area contributed by atoms with E-state index in [1.807, 2.05) is 0 Å². The van der Waals surface area contributed by atoms with Gasteiger partial charge in [-0.2, -0.15) is 0 Å². The summed E-state index contributed by atoms with van der Waals surface area (Å²) in [6, 6.07) is 0. The van der Waals surface area contributed by atoms with Gasteiger partial charge in [0.25, 0.3) is 0 Å². The zero-order valence-electron chi connectivity index (χ0n) is 8.16. The lowest BCUT2D eigenvalue weighted by atomic mass is 9.98. The predicted octanol–water partition coefficient (Wildman–Crippen LogP) is 0.953. The van der Waals surface area contributed by atoms with Crippen LogP contribution >= 0.6 is 0 Å². The Bertz CT molecular complexity index is 276. The van der Waals surface area contributed by atoms with Crippen molar-refractivity contribution >= 4 is 0 Å². The third-order valence-electron chi connectivity index (χ3n) is 1.65. The number of aromatic nitrogens is 3. The maximum atomic E-state index is 13.4. The summed E-state index contributed by atoms with van der Waals surface area (Å²) < 4.78 is 14.9. The first-order chi connectivity index (χ1) is 5.88. The zero-order chi connectivity index (χ0) is 10.1. The van der Waals surface area contributed by atoms with Gasteiger partial charge in [0.15, 0.2) is 0 Å². The van der Waals surface area contributed by atoms with Gasteiger partial charge in [0.2, 0.25) is 0 Å². The summed E-state index contributed by atoms with van der Waals surface area (Å²) in [5, 5.41) is 7.34. The van der Waals surface area contributed by atoms with Gasteiger partial charge in [-0.25, -0.2) is 4.39 Å². The third-order valence-corrected chi connectivity index (χ3v) is 1.65. The molecule has 0 radical (unpaired) electrons. The van der Waals surface area contributed by atoms with Crippen molar-refractivity contribution in [3.8, 4) is 0 Å². The molecule has 74 valence electrons. The second-order valence-electron chi connectivity index (χ2n) is 3.98. The zero-order valence-corrected chi connectivity index (χ0v) is 8.16. The molecule has 0 aromatic carbocycles. The van der Waals surface area contributed by atoms with Gasteiger partial charge in [-0.15, -0.1) is 5.10 Å². The molecule has 0 saturated carbocycles. The van der Waals surface area contributed by atoms with Crippen LogP contribution < -0.4 is 5.73 Å². The Morgan fingerprint density at radius 1 is 1.69 bits per heavy atom. The van der Waals surface area contributed by atoms with Crippen LogP contribution in [0.25, 0.3) is 0 Å². The van der Waals surface area contributed by atoms with Crippen molar-refractivity contribution < 1.29 is 4.39 Å². The van der Waals surface area contributed by atoms with E-state index in [0.717, 1.165) is 0 Å². The van der Waals surface area contributed by atoms with Crippen LogP contribution in [0.1, 0.15) is 32.1 Å². The van der Waals surface area contributed by atoms with Gasteiger partial charge in [0.1, 0.15) is 11.9 Å². The molecule has 0 aliphatic rings. The minimum Gasteiger partial charge on any atom is -0.325 e. The van der Waals surface area contributed by atoms with Crippen LogP contribution in [-0.4, -0.2) is 20.5 Å². The Morgan fingerprint density at radius 3 is 2.69 bits per heavy atom. The van der Waals surface area contributed by atoms with Crippen molar-refractivity contribution in [3.05, 3.63) is 11.9 Å². The van der Waals surface area contributed by atoms with E-state index in [1.165, 1.54) is 4.68 Å². The molecule has 0 saturated heterocycles. The van der Waals surface area contributed by atoms with Crippen molar-refractivity contribution in [1.29, 1.82) is 0 Å². The number of rotatable bonds is 3. The molecule has 2 N–H and O–H groups in total. The van der Waals surface area contributed by atoms with E-state index < -0.39 is 11.7 Å². The second kappa shape index (κ2) is 3.41. The van der Waals surface area contributed by atoms with Crippen LogP contribution in [0.3, 0.4) is 0 Å². The first-order valence-corrected chi connectivity index (χ1v) is 4.18. The summed E-state index contributed by atoms with van der Waals surface area (Å²) in [5.41, 5.74) is 5.52. The highest BCUT2D eigenvalue weighted by Gasteiger charge is 2.22. The minimum atomic E-state index is -1.13. The fourth-order valence-electron chi connectivity index (χ4n) is 1.08. The third kappa shape index (κ3) is 3.10. The number of hydrogen-bond acceptors (Lipinski definition) is 3. The molecule has 1 aromatic heterocycles. The molecule has 1 rings (SSSR count). The van der Waals surface area contributed by atoms with Crippen LogP contribution in [0.2, 0.25) is 0 Å². The Kier molecular flexibility index (Phi) is 2.66. The number of aryl methyl sites for hydroxylation is 1. The Labute approximate surface area is 76.9 Å². The summed E-state index contributed by atoms with van der Waals surface area (Å²) in [5.74, 6) is 0. The van der Waals surface area contributed by atoms with Gasteiger partial charge >= 0.3 is 0 Å². The van der Waals surface area contributed by atoms with E-state index in [2.05, 4.69) is 10.3 Å². The highest BCUT2D eigenvalue weighted by atomic mass is 19.1. The molecule has 0 aliphatic heterocycles. The van der Waals surface area contributed by atoms with Gasteiger partial charge in [-0.3, -0.25) is 4.68 Å². The fraction of sp³-hybridized carbons (Fsp3) is 0.750. The average Bonchev–Trinajstić information content (AvgIpc) is 2.31. The Balaban J connectivity index is 2.64. The van der Waals surface area contributed by atoms with Gasteiger partial charge in [0, 0.05) is 19.0 Å². The molecule has 0 spiro atoms. The van der Waals surface area contributed by atoms with Crippen LogP contribution in [0, 0.1) is 0 Å². The van der Waals surface area contributed by atoms with Gasteiger partial charge in [-0.05, 0) is 13.8 Å². The summed E-state index contributed by atoms with van der Waals surface area (Å²) in [6.45, 7) is 3.58. The highest BCUT2D eigenvalue weighted by molar-refractivity contribution is 4.99. The molecule has 1 heterocycles. The second-order valence-corrected chi connectivity index (χ2v) is 3.98. The van der Waals surface area contributed by atoms with E-state index in [-0.39, 0.29) is 6.42 Å². The molecule has 1 atom stereocenters. The quantitative estimate of drug-likeness (QED) is 0.764. The van der Waals surface area contributed by atoms with Gasteiger partial charge in [-0.1, -0.05) is 5.21 Å². The Hall–Kier alpha value is -0.970. The maximum Gasteiger partial charge on any atom is 0.147 e. The molecule has 5 heteroatoms. The molecule has 1 unspecified atom stereocenters. The summed E-state index contributed by atoms with van der Waals surface area (Å²) in [6.07, 6.45) is 0.691. The lowest BCUT2D eigenvalue weighted by Gasteiger charge is -2.19. The van der Waals surface area contributed by atoms with Crippen LogP contribution in [0.4, 0.5) is 4.39 Å². The predicted molar refractivity (Wildman–Crippen MR) is 47.7 cm³/mol.